The molecule has 2 aromatic rings. The maximum atomic E-state index is 12.2. The Morgan fingerprint density at radius 3 is 2.65 bits per heavy atom. The average Bonchev–Trinajstić information content (AvgIpc) is 2.60. The summed E-state index contributed by atoms with van der Waals surface area (Å²) in [5.74, 6) is 0.271. The third-order valence-corrected chi connectivity index (χ3v) is 2.24. The molecule has 0 aliphatic heterocycles. The number of nitrogens with zero attached hydrogens (tertiary/aromatic N) is 3. The third kappa shape index (κ3) is 2.17. The first-order chi connectivity index (χ1) is 8.09. The van der Waals surface area contributed by atoms with Gasteiger partial charge in [0, 0.05) is 0 Å². The quantitative estimate of drug-likeness (QED) is 0.887. The molecule has 0 aliphatic carbocycles. The maximum absolute atomic E-state index is 12.2. The summed E-state index contributed by atoms with van der Waals surface area (Å²) in [5, 5.41) is 7.43. The number of para-hydroxylation sites is 2. The number of benzene rings is 1. The summed E-state index contributed by atoms with van der Waals surface area (Å²) in [6, 6.07) is 6.31. The van der Waals surface area contributed by atoms with Crippen molar-refractivity contribution in [3.63, 3.8) is 0 Å². The molecule has 0 saturated heterocycles. The van der Waals surface area contributed by atoms with Gasteiger partial charge in [-0.25, -0.2) is 4.68 Å². The number of anilines is 1. The van der Waals surface area contributed by atoms with E-state index < -0.39 is 6.61 Å². The van der Waals surface area contributed by atoms with Gasteiger partial charge in [0.15, 0.2) is 11.6 Å². The van der Waals surface area contributed by atoms with E-state index in [0.29, 0.717) is 11.4 Å². The predicted octanol–water partition coefficient (Wildman–Crippen LogP) is 1.76. The molecule has 2 rings (SSSR count). The fraction of sp³-hybridized carbons (Fsp3) is 0.200. The molecule has 5 nitrogen and oxygen atoms in total. The fourth-order valence-electron chi connectivity index (χ4n) is 1.40. The van der Waals surface area contributed by atoms with Gasteiger partial charge in [-0.15, -0.1) is 5.10 Å². The van der Waals surface area contributed by atoms with E-state index in [1.807, 2.05) is 0 Å². The highest BCUT2D eigenvalue weighted by Crippen LogP contribution is 2.25. The molecule has 0 unspecified atom stereocenters. The maximum Gasteiger partial charge on any atom is 0.387 e. The van der Waals surface area contributed by atoms with E-state index in [1.165, 1.54) is 10.7 Å². The van der Waals surface area contributed by atoms with E-state index in [-0.39, 0.29) is 11.6 Å². The average molecular weight is 240 g/mol. The minimum absolute atomic E-state index is 0.0236. The van der Waals surface area contributed by atoms with Gasteiger partial charge in [-0.1, -0.05) is 17.3 Å². The van der Waals surface area contributed by atoms with Crippen LogP contribution in [0.2, 0.25) is 0 Å². The van der Waals surface area contributed by atoms with Crippen molar-refractivity contribution >= 4 is 5.82 Å². The van der Waals surface area contributed by atoms with Crippen molar-refractivity contribution in [2.75, 3.05) is 5.73 Å². The molecule has 1 aromatic heterocycles. The molecule has 0 saturated carbocycles. The van der Waals surface area contributed by atoms with E-state index in [9.17, 15) is 8.78 Å². The number of nitrogens with two attached hydrogens (primary N) is 1. The SMILES string of the molecule is Cc1c(N)nnn1-c1ccccc1OC(F)F. The van der Waals surface area contributed by atoms with Crippen LogP contribution < -0.4 is 10.5 Å². The number of hydrogen-bond acceptors (Lipinski definition) is 4. The van der Waals surface area contributed by atoms with Crippen LogP contribution in [0, 0.1) is 6.92 Å². The Morgan fingerprint density at radius 2 is 2.06 bits per heavy atom. The number of hydrogen-bond donors (Lipinski definition) is 1. The largest absolute Gasteiger partial charge is 0.433 e. The highest BCUT2D eigenvalue weighted by molar-refractivity contribution is 5.49. The normalized spacial score (nSPS) is 10.8. The zero-order valence-electron chi connectivity index (χ0n) is 8.97. The minimum Gasteiger partial charge on any atom is -0.433 e. The Bertz CT molecular complexity index is 527. The molecule has 0 spiro atoms. The van der Waals surface area contributed by atoms with Crippen LogP contribution in [-0.2, 0) is 0 Å². The van der Waals surface area contributed by atoms with Gasteiger partial charge in [-0.3, -0.25) is 0 Å². The second-order valence-corrected chi connectivity index (χ2v) is 3.32. The number of rotatable bonds is 3. The highest BCUT2D eigenvalue weighted by Gasteiger charge is 2.14. The van der Waals surface area contributed by atoms with E-state index in [4.69, 9.17) is 5.73 Å². The first kappa shape index (κ1) is 11.3. The molecule has 0 bridgehead atoms. The van der Waals surface area contributed by atoms with Crippen molar-refractivity contribution in [1.82, 2.24) is 15.0 Å². The smallest absolute Gasteiger partial charge is 0.387 e. The molecule has 0 amide bonds. The zero-order chi connectivity index (χ0) is 12.4. The van der Waals surface area contributed by atoms with Crippen molar-refractivity contribution in [2.45, 2.75) is 13.5 Å². The van der Waals surface area contributed by atoms with Crippen LogP contribution in [-0.4, -0.2) is 21.6 Å². The first-order valence-corrected chi connectivity index (χ1v) is 4.81. The molecule has 1 aromatic carbocycles. The molecular formula is C10H10F2N4O. The lowest BCUT2D eigenvalue weighted by Gasteiger charge is -2.10. The Hall–Kier alpha value is -2.18. The van der Waals surface area contributed by atoms with Gasteiger partial charge in [-0.05, 0) is 19.1 Å². The summed E-state index contributed by atoms with van der Waals surface area (Å²) in [7, 11) is 0. The van der Waals surface area contributed by atoms with Gasteiger partial charge in [0.25, 0.3) is 0 Å². The second-order valence-electron chi connectivity index (χ2n) is 3.32. The molecular weight excluding hydrogens is 230 g/mol. The Kier molecular flexibility index (Phi) is 2.90. The van der Waals surface area contributed by atoms with Crippen molar-refractivity contribution < 1.29 is 13.5 Å². The lowest BCUT2D eigenvalue weighted by atomic mass is 10.3. The van der Waals surface area contributed by atoms with E-state index >= 15 is 0 Å². The summed E-state index contributed by atoms with van der Waals surface area (Å²) in [4.78, 5) is 0. The van der Waals surface area contributed by atoms with Gasteiger partial charge in [0.05, 0.1) is 5.69 Å². The number of aromatic nitrogens is 3. The van der Waals surface area contributed by atoms with Gasteiger partial charge in [-0.2, -0.15) is 8.78 Å². The van der Waals surface area contributed by atoms with E-state index in [0.717, 1.165) is 0 Å². The minimum atomic E-state index is -2.89. The number of alkyl halides is 2. The van der Waals surface area contributed by atoms with Crippen LogP contribution in [0.1, 0.15) is 5.69 Å². The summed E-state index contributed by atoms with van der Waals surface area (Å²) < 4.78 is 30.2. The standard InChI is InChI=1S/C10H10F2N4O/c1-6-9(13)14-15-16(6)7-4-2-3-5-8(7)17-10(11)12/h2-5,10H,13H2,1H3. The molecule has 90 valence electrons. The van der Waals surface area contributed by atoms with Crippen LogP contribution >= 0.6 is 0 Å². The summed E-state index contributed by atoms with van der Waals surface area (Å²) in [6.45, 7) is -1.20. The fourth-order valence-corrected chi connectivity index (χ4v) is 1.40. The Morgan fingerprint density at radius 1 is 1.35 bits per heavy atom. The van der Waals surface area contributed by atoms with Crippen LogP contribution in [0.5, 0.6) is 5.75 Å². The number of halogens is 2. The lowest BCUT2D eigenvalue weighted by molar-refractivity contribution is -0.0499. The van der Waals surface area contributed by atoms with Crippen molar-refractivity contribution in [2.24, 2.45) is 0 Å². The molecule has 2 N–H and O–H groups in total. The van der Waals surface area contributed by atoms with Crippen LogP contribution in [0.4, 0.5) is 14.6 Å². The van der Waals surface area contributed by atoms with E-state index in [2.05, 4.69) is 15.0 Å². The summed E-state index contributed by atoms with van der Waals surface area (Å²) in [5.41, 5.74) is 6.48. The van der Waals surface area contributed by atoms with Crippen molar-refractivity contribution in [3.8, 4) is 11.4 Å². The monoisotopic (exact) mass is 240 g/mol. The van der Waals surface area contributed by atoms with Gasteiger partial charge in [0.1, 0.15) is 5.69 Å². The van der Waals surface area contributed by atoms with Crippen LogP contribution in [0.15, 0.2) is 24.3 Å². The molecule has 7 heteroatoms. The van der Waals surface area contributed by atoms with Crippen molar-refractivity contribution in [1.29, 1.82) is 0 Å². The van der Waals surface area contributed by atoms with E-state index in [1.54, 1.807) is 25.1 Å². The molecule has 17 heavy (non-hydrogen) atoms. The Balaban J connectivity index is 2.48. The lowest BCUT2D eigenvalue weighted by Crippen LogP contribution is -2.07. The van der Waals surface area contributed by atoms with Gasteiger partial charge >= 0.3 is 6.61 Å². The number of ether oxygens (including phenoxy) is 1. The van der Waals surface area contributed by atoms with Crippen LogP contribution in [0.3, 0.4) is 0 Å². The predicted molar refractivity (Wildman–Crippen MR) is 57.1 cm³/mol. The molecule has 0 fully saturated rings. The summed E-state index contributed by atoms with van der Waals surface area (Å²) >= 11 is 0. The molecule has 0 radical (unpaired) electrons. The van der Waals surface area contributed by atoms with Gasteiger partial charge in [0.2, 0.25) is 0 Å². The van der Waals surface area contributed by atoms with Crippen LogP contribution in [0.25, 0.3) is 5.69 Å². The van der Waals surface area contributed by atoms with Gasteiger partial charge < -0.3 is 10.5 Å². The first-order valence-electron chi connectivity index (χ1n) is 4.81. The summed E-state index contributed by atoms with van der Waals surface area (Å²) in [6.07, 6.45) is 0. The number of nitrogen functional groups attached to an aromatic ring is 1. The second kappa shape index (κ2) is 4.36. The molecule has 0 aliphatic rings. The van der Waals surface area contributed by atoms with Crippen molar-refractivity contribution in [3.05, 3.63) is 30.0 Å². The Labute approximate surface area is 95.8 Å². The highest BCUT2D eigenvalue weighted by atomic mass is 19.3. The zero-order valence-corrected chi connectivity index (χ0v) is 8.97. The topological polar surface area (TPSA) is 66.0 Å². The molecule has 1 heterocycles. The molecule has 0 atom stereocenters. The third-order valence-electron chi connectivity index (χ3n) is 2.24.